The highest BCUT2D eigenvalue weighted by atomic mass is 28.3. The van der Waals surface area contributed by atoms with E-state index in [0.29, 0.717) is 0 Å². The van der Waals surface area contributed by atoms with Crippen molar-refractivity contribution in [3.05, 3.63) is 158 Å². The fourth-order valence-corrected chi connectivity index (χ4v) is 11.3. The predicted molar refractivity (Wildman–Crippen MR) is 228 cm³/mol. The van der Waals surface area contributed by atoms with Crippen LogP contribution in [0.4, 0.5) is 17.1 Å². The molecule has 0 radical (unpaired) electrons. The number of anilines is 3. The molecule has 0 unspecified atom stereocenters. The Hall–Kier alpha value is -4.90. The van der Waals surface area contributed by atoms with Gasteiger partial charge in [-0.15, -0.1) is 0 Å². The Morgan fingerprint density at radius 1 is 0.400 bits per heavy atom. The van der Waals surface area contributed by atoms with E-state index in [1.807, 2.05) is 0 Å². The third kappa shape index (κ3) is 5.57. The van der Waals surface area contributed by atoms with Crippen LogP contribution in [0.15, 0.2) is 158 Å². The first-order chi connectivity index (χ1) is 24.1. The fourth-order valence-electron chi connectivity index (χ4n) is 8.09. The van der Waals surface area contributed by atoms with E-state index in [9.17, 15) is 0 Å². The largest absolute Gasteiger partial charge is 0.310 e. The average molecular weight is 678 g/mol. The minimum absolute atomic E-state index is 0.123. The lowest BCUT2D eigenvalue weighted by molar-refractivity contribution is 1.30. The lowest BCUT2D eigenvalue weighted by Gasteiger charge is -2.32. The van der Waals surface area contributed by atoms with Gasteiger partial charge >= 0.3 is 0 Å². The second kappa shape index (κ2) is 12.5. The van der Waals surface area contributed by atoms with E-state index in [0.717, 1.165) is 0 Å². The average Bonchev–Trinajstić information content (AvgIpc) is 3.12. The molecule has 0 aliphatic carbocycles. The second-order valence-corrected chi connectivity index (χ2v) is 25.9. The van der Waals surface area contributed by atoms with Crippen molar-refractivity contribution in [3.63, 3.8) is 0 Å². The van der Waals surface area contributed by atoms with Gasteiger partial charge in [0.15, 0.2) is 0 Å². The van der Waals surface area contributed by atoms with Crippen molar-refractivity contribution in [1.29, 1.82) is 0 Å². The Kier molecular flexibility index (Phi) is 8.05. The second-order valence-electron chi connectivity index (χ2n) is 15.8. The molecule has 0 bridgehead atoms. The number of hydrogen-bond acceptors (Lipinski definition) is 1. The SMILES string of the molecule is C[Si](C)(C)c1cc(B(c2ccccc2)c2ccccc2)c2ccc3c([Si](C)(C)C)cc(N(c4ccccc4)c4ccccc4)c4ccc1c2c43. The van der Waals surface area contributed by atoms with Crippen LogP contribution in [0.5, 0.6) is 0 Å². The molecular weight excluding hydrogens is 633 g/mol. The zero-order valence-electron chi connectivity index (χ0n) is 30.0. The molecule has 0 aliphatic heterocycles. The Balaban J connectivity index is 1.56. The molecule has 0 amide bonds. The van der Waals surface area contributed by atoms with Crippen molar-refractivity contribution < 1.29 is 0 Å². The summed E-state index contributed by atoms with van der Waals surface area (Å²) in [5.74, 6) is 0. The van der Waals surface area contributed by atoms with Crippen LogP contribution in [0.3, 0.4) is 0 Å². The smallest absolute Gasteiger partial charge is 0.241 e. The molecule has 0 heterocycles. The van der Waals surface area contributed by atoms with Crippen LogP contribution in [0, 0.1) is 0 Å². The normalized spacial score (nSPS) is 12.2. The van der Waals surface area contributed by atoms with Crippen LogP contribution < -0.4 is 31.7 Å². The van der Waals surface area contributed by atoms with Crippen molar-refractivity contribution in [2.45, 2.75) is 39.3 Å². The number of para-hydroxylation sites is 2. The van der Waals surface area contributed by atoms with Gasteiger partial charge in [0.1, 0.15) is 0 Å². The van der Waals surface area contributed by atoms with Crippen LogP contribution in [0.2, 0.25) is 39.3 Å². The molecule has 50 heavy (non-hydrogen) atoms. The first-order valence-electron chi connectivity index (χ1n) is 17.9. The van der Waals surface area contributed by atoms with Crippen molar-refractivity contribution in [2.75, 3.05) is 4.90 Å². The van der Waals surface area contributed by atoms with Crippen LogP contribution in [0.25, 0.3) is 32.3 Å². The van der Waals surface area contributed by atoms with Gasteiger partial charge in [0.2, 0.25) is 6.71 Å². The van der Waals surface area contributed by atoms with E-state index in [4.69, 9.17) is 0 Å². The molecular formula is C46H44BNSi2. The summed E-state index contributed by atoms with van der Waals surface area (Å²) in [5.41, 5.74) is 7.67. The summed E-state index contributed by atoms with van der Waals surface area (Å²) in [6.07, 6.45) is 0. The maximum absolute atomic E-state index is 2.60. The molecule has 0 fully saturated rings. The van der Waals surface area contributed by atoms with Gasteiger partial charge in [-0.2, -0.15) is 0 Å². The lowest BCUT2D eigenvalue weighted by atomic mass is 9.36. The first kappa shape index (κ1) is 32.3. The Bertz CT molecular complexity index is 2180. The summed E-state index contributed by atoms with van der Waals surface area (Å²) >= 11 is 0. The minimum Gasteiger partial charge on any atom is -0.310 e. The standard InChI is InChI=1S/C46H44BNSi2/c1-49(2,3)43-31-41(47(33-19-11-7-12-20-33)34-21-13-8-14-22-34)37-27-29-40-44(50(4,5)6)32-42(38-28-30-39(43)45(37)46(38)40)48(35-23-15-9-16-24-35)36-25-17-10-18-26-36/h7-32H,1-6H3. The van der Waals surface area contributed by atoms with E-state index < -0.39 is 16.1 Å². The van der Waals surface area contributed by atoms with Gasteiger partial charge in [0.25, 0.3) is 0 Å². The summed E-state index contributed by atoms with van der Waals surface area (Å²) in [6, 6.07) is 59.0. The van der Waals surface area contributed by atoms with E-state index in [-0.39, 0.29) is 6.71 Å². The maximum Gasteiger partial charge on any atom is 0.241 e. The zero-order valence-corrected chi connectivity index (χ0v) is 32.0. The highest BCUT2D eigenvalue weighted by molar-refractivity contribution is 6.98. The van der Waals surface area contributed by atoms with Crippen molar-refractivity contribution in [3.8, 4) is 0 Å². The molecule has 1 nitrogen and oxygen atoms in total. The Morgan fingerprint density at radius 3 is 1.24 bits per heavy atom. The number of nitrogens with zero attached hydrogens (tertiary/aromatic N) is 1. The van der Waals surface area contributed by atoms with Gasteiger partial charge in [-0.3, -0.25) is 0 Å². The lowest BCUT2D eigenvalue weighted by Crippen LogP contribution is -2.54. The van der Waals surface area contributed by atoms with Gasteiger partial charge in [-0.05, 0) is 57.3 Å². The van der Waals surface area contributed by atoms with E-state index in [1.54, 1.807) is 0 Å². The van der Waals surface area contributed by atoms with Crippen LogP contribution >= 0.6 is 0 Å². The predicted octanol–water partition coefficient (Wildman–Crippen LogP) is 9.66. The summed E-state index contributed by atoms with van der Waals surface area (Å²) in [4.78, 5) is 2.48. The van der Waals surface area contributed by atoms with Crippen LogP contribution in [-0.4, -0.2) is 22.9 Å². The molecule has 8 rings (SSSR count). The summed E-state index contributed by atoms with van der Waals surface area (Å²) in [6.45, 7) is 15.1. The molecule has 0 saturated carbocycles. The van der Waals surface area contributed by atoms with Crippen LogP contribution in [0.1, 0.15) is 0 Å². The van der Waals surface area contributed by atoms with Crippen molar-refractivity contribution in [1.82, 2.24) is 0 Å². The van der Waals surface area contributed by atoms with Gasteiger partial charge in [-0.25, -0.2) is 0 Å². The molecule has 244 valence electrons. The number of benzene rings is 8. The molecule has 0 aromatic heterocycles. The highest BCUT2D eigenvalue weighted by Gasteiger charge is 2.31. The van der Waals surface area contributed by atoms with E-state index >= 15 is 0 Å². The minimum atomic E-state index is -1.81. The Labute approximate surface area is 299 Å². The molecule has 0 atom stereocenters. The summed E-state index contributed by atoms with van der Waals surface area (Å²) in [5, 5.41) is 11.4. The molecule has 8 aromatic carbocycles. The topological polar surface area (TPSA) is 3.24 Å². The number of hydrogen-bond donors (Lipinski definition) is 0. The highest BCUT2D eigenvalue weighted by Crippen LogP contribution is 2.43. The summed E-state index contributed by atoms with van der Waals surface area (Å²) in [7, 11) is -3.61. The third-order valence-electron chi connectivity index (χ3n) is 10.4. The molecule has 0 N–H and O–H groups in total. The van der Waals surface area contributed by atoms with Crippen LogP contribution in [-0.2, 0) is 0 Å². The zero-order chi connectivity index (χ0) is 34.6. The quantitative estimate of drug-likeness (QED) is 0.114. The van der Waals surface area contributed by atoms with Gasteiger partial charge in [-0.1, -0.05) is 193 Å². The molecule has 0 spiro atoms. The Morgan fingerprint density at radius 2 is 0.780 bits per heavy atom. The van der Waals surface area contributed by atoms with Gasteiger partial charge < -0.3 is 4.90 Å². The number of rotatable bonds is 8. The monoisotopic (exact) mass is 677 g/mol. The van der Waals surface area contributed by atoms with Gasteiger partial charge in [0, 0.05) is 16.8 Å². The van der Waals surface area contributed by atoms with Gasteiger partial charge in [0.05, 0.1) is 21.8 Å². The van der Waals surface area contributed by atoms with Crippen molar-refractivity contribution >= 4 is 99.0 Å². The third-order valence-corrected chi connectivity index (χ3v) is 14.4. The maximum atomic E-state index is 2.60. The van der Waals surface area contributed by atoms with E-state index in [2.05, 4.69) is 202 Å². The van der Waals surface area contributed by atoms with E-state index in [1.165, 1.54) is 76.1 Å². The molecule has 4 heteroatoms. The summed E-state index contributed by atoms with van der Waals surface area (Å²) < 4.78 is 0. The molecule has 8 aromatic rings. The fraction of sp³-hybridized carbons (Fsp3) is 0.130. The first-order valence-corrected chi connectivity index (χ1v) is 24.9. The van der Waals surface area contributed by atoms with Crippen molar-refractivity contribution in [2.24, 2.45) is 0 Å². The molecule has 0 saturated heterocycles. The molecule has 0 aliphatic rings.